The highest BCUT2D eigenvalue weighted by Crippen LogP contribution is 2.27. The first-order chi connectivity index (χ1) is 16.4. The summed E-state index contributed by atoms with van der Waals surface area (Å²) in [5.74, 6) is -1.35. The van der Waals surface area contributed by atoms with E-state index < -0.39 is 5.97 Å². The SMILES string of the molecule is COC(=O)C1CCN(C(=O)COC(=O)c2cc(-c3ccccc3)nc3c2cnn3C(C)C)CC1. The quantitative estimate of drug-likeness (QED) is 0.516. The molecule has 0 N–H and O–H groups in total. The maximum Gasteiger partial charge on any atom is 0.339 e. The van der Waals surface area contributed by atoms with Crippen LogP contribution in [0.3, 0.4) is 0 Å². The number of hydrogen-bond acceptors (Lipinski definition) is 7. The molecule has 2 aromatic heterocycles. The molecule has 4 rings (SSSR count). The van der Waals surface area contributed by atoms with E-state index in [1.165, 1.54) is 7.11 Å². The number of ether oxygens (including phenoxy) is 2. The van der Waals surface area contributed by atoms with Gasteiger partial charge in [-0.2, -0.15) is 5.10 Å². The Balaban J connectivity index is 1.52. The topological polar surface area (TPSA) is 104 Å². The van der Waals surface area contributed by atoms with Gasteiger partial charge in [-0.1, -0.05) is 30.3 Å². The Kier molecular flexibility index (Phi) is 6.90. The molecule has 1 fully saturated rings. The van der Waals surface area contributed by atoms with Gasteiger partial charge in [0.05, 0.1) is 35.9 Å². The van der Waals surface area contributed by atoms with Gasteiger partial charge in [-0.05, 0) is 32.8 Å². The third-order valence-corrected chi connectivity index (χ3v) is 6.05. The molecule has 34 heavy (non-hydrogen) atoms. The van der Waals surface area contributed by atoms with Crippen molar-refractivity contribution < 1.29 is 23.9 Å². The number of carbonyl (C=O) groups is 3. The van der Waals surface area contributed by atoms with E-state index in [1.807, 2.05) is 44.2 Å². The van der Waals surface area contributed by atoms with Crippen molar-refractivity contribution in [2.45, 2.75) is 32.7 Å². The van der Waals surface area contributed by atoms with Gasteiger partial charge in [0, 0.05) is 24.7 Å². The van der Waals surface area contributed by atoms with E-state index >= 15 is 0 Å². The van der Waals surface area contributed by atoms with Crippen molar-refractivity contribution in [2.24, 2.45) is 5.92 Å². The molecule has 9 heteroatoms. The Morgan fingerprint density at radius 2 is 1.82 bits per heavy atom. The fourth-order valence-electron chi connectivity index (χ4n) is 4.15. The molecule has 1 aliphatic rings. The number of methoxy groups -OCH3 is 1. The molecule has 1 aromatic carbocycles. The number of aromatic nitrogens is 3. The molecule has 0 unspecified atom stereocenters. The minimum Gasteiger partial charge on any atom is -0.469 e. The van der Waals surface area contributed by atoms with Crippen molar-refractivity contribution in [3.05, 3.63) is 48.2 Å². The number of hydrogen-bond donors (Lipinski definition) is 0. The van der Waals surface area contributed by atoms with Gasteiger partial charge in [-0.25, -0.2) is 14.5 Å². The molecule has 178 valence electrons. The lowest BCUT2D eigenvalue weighted by molar-refractivity contribution is -0.149. The highest BCUT2D eigenvalue weighted by Gasteiger charge is 2.28. The molecule has 0 atom stereocenters. The molecule has 3 aromatic rings. The average Bonchev–Trinajstić information content (AvgIpc) is 3.31. The smallest absolute Gasteiger partial charge is 0.339 e. The van der Waals surface area contributed by atoms with Crippen LogP contribution in [0, 0.1) is 5.92 Å². The van der Waals surface area contributed by atoms with Crippen molar-refractivity contribution in [1.82, 2.24) is 19.7 Å². The van der Waals surface area contributed by atoms with Crippen LogP contribution in [0.2, 0.25) is 0 Å². The fourth-order valence-corrected chi connectivity index (χ4v) is 4.15. The number of fused-ring (bicyclic) bond motifs is 1. The van der Waals surface area contributed by atoms with Crippen LogP contribution in [0.1, 0.15) is 43.1 Å². The lowest BCUT2D eigenvalue weighted by atomic mass is 9.97. The normalized spacial score (nSPS) is 14.4. The zero-order chi connectivity index (χ0) is 24.2. The van der Waals surface area contributed by atoms with E-state index in [-0.39, 0.29) is 30.4 Å². The Morgan fingerprint density at radius 1 is 1.12 bits per heavy atom. The second-order valence-electron chi connectivity index (χ2n) is 8.60. The first-order valence-corrected chi connectivity index (χ1v) is 11.4. The highest BCUT2D eigenvalue weighted by atomic mass is 16.5. The standard InChI is InChI=1S/C25H28N4O5/c1-16(2)29-23-20(14-26-29)19(13-21(27-23)17-7-5-4-6-8-17)25(32)34-15-22(30)28-11-9-18(10-12-28)24(31)33-3/h4-8,13-14,16,18H,9-12,15H2,1-3H3. The molecule has 0 aliphatic carbocycles. The highest BCUT2D eigenvalue weighted by molar-refractivity contribution is 6.04. The van der Waals surface area contributed by atoms with E-state index in [9.17, 15) is 14.4 Å². The molecular weight excluding hydrogens is 436 g/mol. The Bertz CT molecular complexity index is 1200. The number of pyridine rings is 1. The van der Waals surface area contributed by atoms with Crippen molar-refractivity contribution in [2.75, 3.05) is 26.8 Å². The van der Waals surface area contributed by atoms with E-state index in [2.05, 4.69) is 5.10 Å². The summed E-state index contributed by atoms with van der Waals surface area (Å²) >= 11 is 0. The van der Waals surface area contributed by atoms with Gasteiger partial charge in [0.1, 0.15) is 0 Å². The minimum atomic E-state index is -0.606. The second-order valence-corrected chi connectivity index (χ2v) is 8.60. The van der Waals surface area contributed by atoms with Gasteiger partial charge in [-0.15, -0.1) is 0 Å². The molecule has 1 aliphatic heterocycles. The van der Waals surface area contributed by atoms with Crippen LogP contribution >= 0.6 is 0 Å². The van der Waals surface area contributed by atoms with Crippen LogP contribution in [0.25, 0.3) is 22.3 Å². The van der Waals surface area contributed by atoms with Crippen LogP contribution in [-0.4, -0.2) is 64.3 Å². The first kappa shape index (κ1) is 23.4. The summed E-state index contributed by atoms with van der Waals surface area (Å²) in [5, 5.41) is 4.98. The fraction of sp³-hybridized carbons (Fsp3) is 0.400. The van der Waals surface area contributed by atoms with Gasteiger partial charge in [-0.3, -0.25) is 9.59 Å². The van der Waals surface area contributed by atoms with E-state index in [0.717, 1.165) is 5.56 Å². The van der Waals surface area contributed by atoms with Crippen LogP contribution in [0.4, 0.5) is 0 Å². The summed E-state index contributed by atoms with van der Waals surface area (Å²) in [5.41, 5.74) is 2.38. The van der Waals surface area contributed by atoms with Gasteiger partial charge < -0.3 is 14.4 Å². The zero-order valence-corrected chi connectivity index (χ0v) is 19.6. The number of nitrogens with zero attached hydrogens (tertiary/aromatic N) is 4. The summed E-state index contributed by atoms with van der Waals surface area (Å²) in [4.78, 5) is 43.7. The van der Waals surface area contributed by atoms with Crippen LogP contribution in [0.15, 0.2) is 42.6 Å². The first-order valence-electron chi connectivity index (χ1n) is 11.4. The zero-order valence-electron chi connectivity index (χ0n) is 19.6. The summed E-state index contributed by atoms with van der Waals surface area (Å²) < 4.78 is 12.0. The predicted octanol–water partition coefficient (Wildman–Crippen LogP) is 3.25. The van der Waals surface area contributed by atoms with E-state index in [1.54, 1.807) is 21.8 Å². The number of piperidine rings is 1. The van der Waals surface area contributed by atoms with Crippen molar-refractivity contribution in [3.63, 3.8) is 0 Å². The lowest BCUT2D eigenvalue weighted by Gasteiger charge is -2.30. The third-order valence-electron chi connectivity index (χ3n) is 6.05. The molecule has 3 heterocycles. The van der Waals surface area contributed by atoms with Crippen LogP contribution in [-0.2, 0) is 19.1 Å². The summed E-state index contributed by atoms with van der Waals surface area (Å²) in [6.45, 7) is 4.46. The number of carbonyl (C=O) groups excluding carboxylic acids is 3. The largest absolute Gasteiger partial charge is 0.469 e. The van der Waals surface area contributed by atoms with Gasteiger partial charge in [0.2, 0.25) is 0 Å². The summed E-state index contributed by atoms with van der Waals surface area (Å²) in [6.07, 6.45) is 2.67. The Morgan fingerprint density at radius 3 is 2.47 bits per heavy atom. The second kappa shape index (κ2) is 10.0. The summed E-state index contributed by atoms with van der Waals surface area (Å²) in [6, 6.07) is 11.3. The monoisotopic (exact) mass is 464 g/mol. The van der Waals surface area contributed by atoms with Crippen LogP contribution in [0.5, 0.6) is 0 Å². The maximum absolute atomic E-state index is 13.1. The van der Waals surface area contributed by atoms with Crippen molar-refractivity contribution in [3.8, 4) is 11.3 Å². The van der Waals surface area contributed by atoms with Gasteiger partial charge in [0.15, 0.2) is 12.3 Å². The van der Waals surface area contributed by atoms with Gasteiger partial charge >= 0.3 is 11.9 Å². The molecular formula is C25H28N4O5. The predicted molar refractivity (Wildman–Crippen MR) is 125 cm³/mol. The number of likely N-dealkylation sites (tertiary alicyclic amines) is 1. The van der Waals surface area contributed by atoms with E-state index in [0.29, 0.717) is 48.2 Å². The number of amides is 1. The maximum atomic E-state index is 13.1. The Labute approximate surface area is 197 Å². The molecule has 9 nitrogen and oxygen atoms in total. The van der Waals surface area contributed by atoms with Crippen molar-refractivity contribution >= 4 is 28.9 Å². The molecule has 0 spiro atoms. The lowest BCUT2D eigenvalue weighted by Crippen LogP contribution is -2.42. The van der Waals surface area contributed by atoms with E-state index in [4.69, 9.17) is 14.5 Å². The number of rotatable bonds is 6. The Hall–Kier alpha value is -3.75. The number of esters is 2. The van der Waals surface area contributed by atoms with Crippen molar-refractivity contribution in [1.29, 1.82) is 0 Å². The molecule has 0 radical (unpaired) electrons. The average molecular weight is 465 g/mol. The summed E-state index contributed by atoms with van der Waals surface area (Å²) in [7, 11) is 1.36. The number of benzene rings is 1. The molecule has 0 bridgehead atoms. The molecule has 1 saturated heterocycles. The van der Waals surface area contributed by atoms with Gasteiger partial charge in [0.25, 0.3) is 5.91 Å². The molecule has 1 amide bonds. The van der Waals surface area contributed by atoms with Crippen LogP contribution < -0.4 is 0 Å². The minimum absolute atomic E-state index is 0.0504. The third kappa shape index (κ3) is 4.78. The molecule has 0 saturated carbocycles.